The molecule has 1 atom stereocenters. The molecule has 1 heterocycles. The van der Waals surface area contributed by atoms with Gasteiger partial charge in [-0.2, -0.15) is 0 Å². The van der Waals surface area contributed by atoms with Crippen LogP contribution in [0.2, 0.25) is 0 Å². The van der Waals surface area contributed by atoms with Crippen molar-refractivity contribution in [1.82, 2.24) is 10.3 Å². The number of thiazole rings is 1. The van der Waals surface area contributed by atoms with Crippen LogP contribution in [0, 0.1) is 5.92 Å². The molecule has 1 aromatic rings. The average Bonchev–Trinajstić information content (AvgIpc) is 2.73. The van der Waals surface area contributed by atoms with E-state index in [-0.39, 0.29) is 30.1 Å². The smallest absolute Gasteiger partial charge is 0.303 e. The molecule has 5 nitrogen and oxygen atoms in total. The second kappa shape index (κ2) is 6.83. The Hall–Kier alpha value is -1.43. The Labute approximate surface area is 123 Å². The van der Waals surface area contributed by atoms with Gasteiger partial charge in [-0.15, -0.1) is 11.3 Å². The number of nitrogens with one attached hydrogen (secondary N) is 1. The Bertz CT molecular complexity index is 477. The summed E-state index contributed by atoms with van der Waals surface area (Å²) in [4.78, 5) is 26.7. The van der Waals surface area contributed by atoms with E-state index in [1.54, 1.807) is 18.3 Å². The summed E-state index contributed by atoms with van der Waals surface area (Å²) in [5.74, 6) is -1.04. The number of hydrogen-bond acceptors (Lipinski definition) is 4. The molecule has 1 amide bonds. The predicted molar refractivity (Wildman–Crippen MR) is 78.9 cm³/mol. The number of hydrogen-bond donors (Lipinski definition) is 2. The number of aromatic nitrogens is 1. The van der Waals surface area contributed by atoms with Gasteiger partial charge in [0, 0.05) is 23.8 Å². The van der Waals surface area contributed by atoms with Crippen LogP contribution < -0.4 is 5.32 Å². The van der Waals surface area contributed by atoms with Crippen molar-refractivity contribution in [2.24, 2.45) is 5.92 Å². The van der Waals surface area contributed by atoms with Crippen LogP contribution in [-0.2, 0) is 21.4 Å². The van der Waals surface area contributed by atoms with Gasteiger partial charge in [0.05, 0.1) is 17.1 Å². The van der Waals surface area contributed by atoms with E-state index in [0.717, 1.165) is 10.7 Å². The fourth-order valence-electron chi connectivity index (χ4n) is 1.62. The van der Waals surface area contributed by atoms with Gasteiger partial charge in [-0.05, 0) is 5.92 Å². The van der Waals surface area contributed by atoms with E-state index in [9.17, 15) is 9.59 Å². The Morgan fingerprint density at radius 1 is 1.45 bits per heavy atom. The highest BCUT2D eigenvalue weighted by Gasteiger charge is 2.19. The van der Waals surface area contributed by atoms with Crippen molar-refractivity contribution >= 4 is 23.2 Å². The average molecular weight is 298 g/mol. The first kappa shape index (κ1) is 16.6. The molecule has 0 saturated heterocycles. The Morgan fingerprint density at radius 2 is 2.10 bits per heavy atom. The normalized spacial score (nSPS) is 13.0. The lowest BCUT2D eigenvalue weighted by Gasteiger charge is -2.13. The summed E-state index contributed by atoms with van der Waals surface area (Å²) < 4.78 is 0. The molecule has 0 spiro atoms. The molecule has 0 aliphatic heterocycles. The van der Waals surface area contributed by atoms with Crippen LogP contribution in [0.15, 0.2) is 5.38 Å². The summed E-state index contributed by atoms with van der Waals surface area (Å²) in [6.07, 6.45) is 0.303. The quantitative estimate of drug-likeness (QED) is 0.844. The number of aliphatic carboxylic acids is 1. The number of carboxylic acid groups (broad SMARTS) is 1. The molecule has 0 aromatic carbocycles. The van der Waals surface area contributed by atoms with Gasteiger partial charge in [-0.1, -0.05) is 27.7 Å². The SMILES string of the molecule is CC(CNC(=O)Cc1csc(C(C)(C)C)n1)CC(=O)O. The molecule has 1 aromatic heterocycles. The number of rotatable bonds is 6. The third kappa shape index (κ3) is 5.69. The summed E-state index contributed by atoms with van der Waals surface area (Å²) in [5.41, 5.74) is 0.762. The van der Waals surface area contributed by atoms with Crippen molar-refractivity contribution in [3.8, 4) is 0 Å². The fraction of sp³-hybridized carbons (Fsp3) is 0.643. The molecule has 112 valence electrons. The minimum absolute atomic E-state index is 0.00457. The molecule has 0 saturated carbocycles. The van der Waals surface area contributed by atoms with E-state index in [2.05, 4.69) is 31.1 Å². The molecular formula is C14H22N2O3S. The van der Waals surface area contributed by atoms with Gasteiger partial charge in [-0.3, -0.25) is 9.59 Å². The zero-order valence-electron chi connectivity index (χ0n) is 12.4. The summed E-state index contributed by atoms with van der Waals surface area (Å²) in [7, 11) is 0. The van der Waals surface area contributed by atoms with Gasteiger partial charge in [0.15, 0.2) is 0 Å². The van der Waals surface area contributed by atoms with Crippen molar-refractivity contribution in [2.75, 3.05) is 6.54 Å². The fourth-order valence-corrected chi connectivity index (χ4v) is 2.53. The Morgan fingerprint density at radius 3 is 2.60 bits per heavy atom. The van der Waals surface area contributed by atoms with E-state index in [0.29, 0.717) is 6.54 Å². The van der Waals surface area contributed by atoms with Gasteiger partial charge in [0.2, 0.25) is 5.91 Å². The number of amides is 1. The van der Waals surface area contributed by atoms with Crippen molar-refractivity contribution in [3.63, 3.8) is 0 Å². The van der Waals surface area contributed by atoms with Gasteiger partial charge in [-0.25, -0.2) is 4.98 Å². The zero-order chi connectivity index (χ0) is 15.3. The zero-order valence-corrected chi connectivity index (χ0v) is 13.2. The minimum Gasteiger partial charge on any atom is -0.481 e. The van der Waals surface area contributed by atoms with Crippen molar-refractivity contribution < 1.29 is 14.7 Å². The molecular weight excluding hydrogens is 276 g/mol. The van der Waals surface area contributed by atoms with Gasteiger partial charge in [0.25, 0.3) is 0 Å². The van der Waals surface area contributed by atoms with Crippen LogP contribution in [0.5, 0.6) is 0 Å². The number of carboxylic acids is 1. The first-order valence-corrected chi connectivity index (χ1v) is 7.50. The summed E-state index contributed by atoms with van der Waals surface area (Å²) >= 11 is 1.56. The molecule has 0 bridgehead atoms. The van der Waals surface area contributed by atoms with Crippen molar-refractivity contribution in [3.05, 3.63) is 16.1 Å². The molecule has 2 N–H and O–H groups in total. The van der Waals surface area contributed by atoms with Crippen molar-refractivity contribution in [1.29, 1.82) is 0 Å². The van der Waals surface area contributed by atoms with Gasteiger partial charge < -0.3 is 10.4 Å². The van der Waals surface area contributed by atoms with E-state index >= 15 is 0 Å². The highest BCUT2D eigenvalue weighted by atomic mass is 32.1. The largest absolute Gasteiger partial charge is 0.481 e. The maximum atomic E-state index is 11.8. The first-order valence-electron chi connectivity index (χ1n) is 6.62. The molecule has 6 heteroatoms. The number of carbonyl (C=O) groups is 2. The standard InChI is InChI=1S/C14H22N2O3S/c1-9(5-12(18)19)7-15-11(17)6-10-8-20-13(16-10)14(2,3)4/h8-9H,5-7H2,1-4H3,(H,15,17)(H,18,19). The second-order valence-corrected chi connectivity index (χ2v) is 6.94. The van der Waals surface area contributed by atoms with Gasteiger partial charge in [0.1, 0.15) is 0 Å². The lowest BCUT2D eigenvalue weighted by Crippen LogP contribution is -2.30. The van der Waals surface area contributed by atoms with Crippen LogP contribution in [0.3, 0.4) is 0 Å². The van der Waals surface area contributed by atoms with Crippen LogP contribution >= 0.6 is 11.3 Å². The van der Waals surface area contributed by atoms with Crippen LogP contribution in [0.1, 0.15) is 44.8 Å². The molecule has 0 aliphatic carbocycles. The number of nitrogens with zero attached hydrogens (tertiary/aromatic N) is 1. The Balaban J connectivity index is 2.43. The summed E-state index contributed by atoms with van der Waals surface area (Å²) in [6.45, 7) is 8.44. The minimum atomic E-state index is -0.846. The molecule has 20 heavy (non-hydrogen) atoms. The third-order valence-electron chi connectivity index (χ3n) is 2.71. The maximum Gasteiger partial charge on any atom is 0.303 e. The summed E-state index contributed by atoms with van der Waals surface area (Å²) in [5, 5.41) is 14.3. The lowest BCUT2D eigenvalue weighted by atomic mass is 9.98. The molecule has 1 rings (SSSR count). The van der Waals surface area contributed by atoms with E-state index < -0.39 is 5.97 Å². The Kier molecular flexibility index (Phi) is 5.68. The second-order valence-electron chi connectivity index (χ2n) is 6.08. The van der Waals surface area contributed by atoms with Gasteiger partial charge >= 0.3 is 5.97 Å². The van der Waals surface area contributed by atoms with Crippen LogP contribution in [-0.4, -0.2) is 28.5 Å². The van der Waals surface area contributed by atoms with E-state index in [4.69, 9.17) is 5.11 Å². The summed E-state index contributed by atoms with van der Waals surface area (Å²) in [6, 6.07) is 0. The van der Waals surface area contributed by atoms with Crippen LogP contribution in [0.4, 0.5) is 0 Å². The molecule has 0 fully saturated rings. The third-order valence-corrected chi connectivity index (χ3v) is 4.02. The monoisotopic (exact) mass is 298 g/mol. The van der Waals surface area contributed by atoms with Crippen molar-refractivity contribution in [2.45, 2.75) is 46.0 Å². The maximum absolute atomic E-state index is 11.8. The number of carbonyl (C=O) groups excluding carboxylic acids is 1. The van der Waals surface area contributed by atoms with E-state index in [1.807, 2.05) is 5.38 Å². The van der Waals surface area contributed by atoms with E-state index in [1.165, 1.54) is 0 Å². The molecule has 1 unspecified atom stereocenters. The lowest BCUT2D eigenvalue weighted by molar-refractivity contribution is -0.138. The topological polar surface area (TPSA) is 79.3 Å². The molecule has 0 aliphatic rings. The predicted octanol–water partition coefficient (Wildman–Crippen LogP) is 2.21. The first-order chi connectivity index (χ1) is 9.18. The van der Waals surface area contributed by atoms with Crippen LogP contribution in [0.25, 0.3) is 0 Å². The highest BCUT2D eigenvalue weighted by molar-refractivity contribution is 7.09. The molecule has 0 radical (unpaired) electrons. The highest BCUT2D eigenvalue weighted by Crippen LogP contribution is 2.25.